The molecule has 2 aromatic carbocycles. The largest absolute Gasteiger partial charge is 0.497 e. The molecule has 2 aromatic rings. The van der Waals surface area contributed by atoms with Crippen LogP contribution in [0.4, 0.5) is 0 Å². The highest BCUT2D eigenvalue weighted by Crippen LogP contribution is 2.32. The first kappa shape index (κ1) is 21.0. The first-order chi connectivity index (χ1) is 14.5. The van der Waals surface area contributed by atoms with E-state index in [9.17, 15) is 9.59 Å². The minimum Gasteiger partial charge on any atom is -0.497 e. The quantitative estimate of drug-likeness (QED) is 0.380. The molecule has 9 nitrogen and oxygen atoms in total. The first-order valence-electron chi connectivity index (χ1n) is 9.17. The van der Waals surface area contributed by atoms with Crippen molar-refractivity contribution in [1.29, 1.82) is 0 Å². The van der Waals surface area contributed by atoms with Crippen molar-refractivity contribution in [3.63, 3.8) is 0 Å². The van der Waals surface area contributed by atoms with Gasteiger partial charge in [0.05, 0.1) is 12.8 Å². The highest BCUT2D eigenvalue weighted by Gasteiger charge is 2.14. The molecule has 9 heteroatoms. The molecule has 0 bridgehead atoms. The summed E-state index contributed by atoms with van der Waals surface area (Å²) in [5, 5.41) is 6.55. The van der Waals surface area contributed by atoms with E-state index in [-0.39, 0.29) is 6.79 Å². The van der Waals surface area contributed by atoms with Crippen LogP contribution in [0.25, 0.3) is 0 Å². The van der Waals surface area contributed by atoms with Gasteiger partial charge in [-0.2, -0.15) is 0 Å². The summed E-state index contributed by atoms with van der Waals surface area (Å²) >= 11 is 0. The maximum Gasteiger partial charge on any atom is 0.347 e. The van der Waals surface area contributed by atoms with E-state index in [1.807, 2.05) is 12.1 Å². The number of methoxy groups -OCH3 is 1. The molecule has 1 amide bonds. The van der Waals surface area contributed by atoms with Gasteiger partial charge >= 0.3 is 5.97 Å². The van der Waals surface area contributed by atoms with Crippen molar-refractivity contribution in [2.45, 2.75) is 13.5 Å². The second-order valence-electron chi connectivity index (χ2n) is 6.30. The molecule has 1 heterocycles. The Labute approximate surface area is 173 Å². The summed E-state index contributed by atoms with van der Waals surface area (Å²) in [6, 6.07) is 12.6. The molecule has 0 saturated carbocycles. The van der Waals surface area contributed by atoms with Gasteiger partial charge in [-0.1, -0.05) is 17.3 Å². The van der Waals surface area contributed by atoms with E-state index in [0.717, 1.165) is 16.9 Å². The molecule has 1 N–H and O–H groups in total. The van der Waals surface area contributed by atoms with Crippen molar-refractivity contribution in [1.82, 2.24) is 5.32 Å². The zero-order valence-corrected chi connectivity index (χ0v) is 16.7. The number of fused-ring (bicyclic) bond motifs is 1. The number of carbonyl (C=O) groups is 2. The topological polar surface area (TPSA) is 105 Å². The van der Waals surface area contributed by atoms with Crippen LogP contribution in [0.1, 0.15) is 18.1 Å². The van der Waals surface area contributed by atoms with E-state index in [1.54, 1.807) is 44.4 Å². The Hall–Kier alpha value is -3.75. The second-order valence-corrected chi connectivity index (χ2v) is 6.30. The van der Waals surface area contributed by atoms with E-state index in [1.165, 1.54) is 0 Å². The number of esters is 1. The Balaban J connectivity index is 1.35. The second kappa shape index (κ2) is 10.1. The summed E-state index contributed by atoms with van der Waals surface area (Å²) in [4.78, 5) is 28.5. The van der Waals surface area contributed by atoms with Crippen LogP contribution in [0, 0.1) is 0 Å². The smallest absolute Gasteiger partial charge is 0.347 e. The molecule has 0 aliphatic carbocycles. The number of nitrogens with one attached hydrogen (secondary N) is 1. The molecule has 158 valence electrons. The molecule has 3 rings (SSSR count). The Bertz CT molecular complexity index is 925. The van der Waals surface area contributed by atoms with Gasteiger partial charge in [0.25, 0.3) is 5.91 Å². The van der Waals surface area contributed by atoms with Crippen molar-refractivity contribution >= 4 is 17.6 Å². The number of nitrogens with zero attached hydrogens (tertiary/aromatic N) is 1. The minimum atomic E-state index is -0.697. The summed E-state index contributed by atoms with van der Waals surface area (Å²) in [5.41, 5.74) is 2.22. The van der Waals surface area contributed by atoms with Gasteiger partial charge < -0.3 is 29.1 Å². The Morgan fingerprint density at radius 3 is 2.60 bits per heavy atom. The van der Waals surface area contributed by atoms with Gasteiger partial charge in [0, 0.05) is 12.1 Å². The van der Waals surface area contributed by atoms with Crippen molar-refractivity contribution in [3.05, 3.63) is 53.6 Å². The van der Waals surface area contributed by atoms with Gasteiger partial charge in [-0.3, -0.25) is 4.79 Å². The standard InChI is InChI=1S/C21H22N2O7/c1-14(16-5-8-18-19(9-16)29-13-28-18)23-30-12-21(25)27-11-20(24)22-10-15-3-6-17(26-2)7-4-15/h3-9H,10-13H2,1-2H3,(H,22,24). The monoisotopic (exact) mass is 414 g/mol. The maximum atomic E-state index is 11.8. The number of hydrogen-bond acceptors (Lipinski definition) is 8. The molecule has 0 spiro atoms. The average molecular weight is 414 g/mol. The number of oxime groups is 1. The third-order valence-electron chi connectivity index (χ3n) is 4.19. The number of carbonyl (C=O) groups excluding carboxylic acids is 2. The van der Waals surface area contributed by atoms with E-state index >= 15 is 0 Å². The molecule has 0 fully saturated rings. The number of ether oxygens (including phenoxy) is 4. The molecule has 0 aromatic heterocycles. The predicted octanol–water partition coefficient (Wildman–Crippen LogP) is 2.02. The van der Waals surface area contributed by atoms with E-state index in [0.29, 0.717) is 23.8 Å². The summed E-state index contributed by atoms with van der Waals surface area (Å²) in [5.74, 6) is 0.912. The molecular formula is C21H22N2O7. The Morgan fingerprint density at radius 1 is 1.07 bits per heavy atom. The molecular weight excluding hydrogens is 392 g/mol. The average Bonchev–Trinajstić information content (AvgIpc) is 3.24. The van der Waals surface area contributed by atoms with Crippen LogP contribution in [0.15, 0.2) is 47.6 Å². The lowest BCUT2D eigenvalue weighted by Gasteiger charge is -2.07. The summed E-state index contributed by atoms with van der Waals surface area (Å²) in [6.07, 6.45) is 0. The number of rotatable bonds is 9. The normalized spacial score (nSPS) is 12.3. The lowest BCUT2D eigenvalue weighted by Crippen LogP contribution is -2.29. The highest BCUT2D eigenvalue weighted by molar-refractivity contribution is 5.99. The lowest BCUT2D eigenvalue weighted by atomic mass is 10.1. The molecule has 1 aliphatic heterocycles. The van der Waals surface area contributed by atoms with Crippen molar-refractivity contribution in [2.24, 2.45) is 5.16 Å². The van der Waals surface area contributed by atoms with Gasteiger partial charge in [0.2, 0.25) is 13.4 Å². The Morgan fingerprint density at radius 2 is 1.83 bits per heavy atom. The number of amides is 1. The van der Waals surface area contributed by atoms with Crippen LogP contribution in [0.2, 0.25) is 0 Å². The van der Waals surface area contributed by atoms with Crippen LogP contribution in [0.3, 0.4) is 0 Å². The zero-order chi connectivity index (χ0) is 21.3. The third kappa shape index (κ3) is 5.87. The molecule has 0 unspecified atom stereocenters. The summed E-state index contributed by atoms with van der Waals surface area (Å²) < 4.78 is 20.5. The highest BCUT2D eigenvalue weighted by atomic mass is 16.7. The van der Waals surface area contributed by atoms with Crippen LogP contribution in [0.5, 0.6) is 17.2 Å². The SMILES string of the molecule is COc1ccc(CNC(=O)COC(=O)CON=C(C)c2ccc3c(c2)OCO3)cc1. The van der Waals surface area contributed by atoms with E-state index in [2.05, 4.69) is 10.5 Å². The number of hydrogen-bond donors (Lipinski definition) is 1. The number of benzene rings is 2. The molecule has 0 radical (unpaired) electrons. The maximum absolute atomic E-state index is 11.8. The van der Waals surface area contributed by atoms with Gasteiger partial charge in [-0.15, -0.1) is 0 Å². The third-order valence-corrected chi connectivity index (χ3v) is 4.19. The van der Waals surface area contributed by atoms with E-state index in [4.69, 9.17) is 23.8 Å². The van der Waals surface area contributed by atoms with Gasteiger partial charge in [0.15, 0.2) is 18.1 Å². The minimum absolute atomic E-state index is 0.186. The molecule has 30 heavy (non-hydrogen) atoms. The fourth-order valence-electron chi connectivity index (χ4n) is 2.54. The lowest BCUT2D eigenvalue weighted by molar-refractivity contribution is -0.152. The summed E-state index contributed by atoms with van der Waals surface area (Å²) in [6.45, 7) is 1.42. The van der Waals surface area contributed by atoms with Crippen molar-refractivity contribution in [3.8, 4) is 17.2 Å². The molecule has 0 atom stereocenters. The van der Waals surface area contributed by atoms with Crippen LogP contribution in [-0.4, -0.2) is 44.7 Å². The fraction of sp³-hybridized carbons (Fsp3) is 0.286. The van der Waals surface area contributed by atoms with Crippen LogP contribution in [-0.2, 0) is 25.7 Å². The summed E-state index contributed by atoms with van der Waals surface area (Å²) in [7, 11) is 1.58. The zero-order valence-electron chi connectivity index (χ0n) is 16.7. The van der Waals surface area contributed by atoms with E-state index < -0.39 is 25.1 Å². The van der Waals surface area contributed by atoms with Crippen molar-refractivity contribution in [2.75, 3.05) is 27.1 Å². The van der Waals surface area contributed by atoms with Gasteiger partial charge in [-0.25, -0.2) is 4.79 Å². The van der Waals surface area contributed by atoms with Crippen LogP contribution >= 0.6 is 0 Å². The molecule has 1 aliphatic rings. The first-order valence-corrected chi connectivity index (χ1v) is 9.17. The Kier molecular flexibility index (Phi) is 7.09. The fourth-order valence-corrected chi connectivity index (χ4v) is 2.54. The molecule has 0 saturated heterocycles. The van der Waals surface area contributed by atoms with Gasteiger partial charge in [-0.05, 0) is 42.8 Å². The van der Waals surface area contributed by atoms with Crippen molar-refractivity contribution < 1.29 is 33.4 Å². The van der Waals surface area contributed by atoms with Crippen LogP contribution < -0.4 is 19.5 Å². The predicted molar refractivity (Wildman–Crippen MR) is 107 cm³/mol. The van der Waals surface area contributed by atoms with Gasteiger partial charge in [0.1, 0.15) is 5.75 Å².